The third-order valence-corrected chi connectivity index (χ3v) is 3.91. The molecule has 126 valence electrons. The minimum Gasteiger partial charge on any atom is -0.493 e. The van der Waals surface area contributed by atoms with Gasteiger partial charge in [0.25, 0.3) is 0 Å². The summed E-state index contributed by atoms with van der Waals surface area (Å²) >= 11 is 0. The standard InChI is InChI=1S/C17H12F2N4O2/c18-11-3-1-10(2-4-11)9-22-15-14(20-21-22)16(24)23(17(15)25)13-7-5-12(19)6-8-13/h1-8,24-25H,9H2. The van der Waals surface area contributed by atoms with Gasteiger partial charge in [0.1, 0.15) is 11.6 Å². The summed E-state index contributed by atoms with van der Waals surface area (Å²) in [5.74, 6) is -1.36. The number of fused-ring (bicyclic) bond motifs is 1. The van der Waals surface area contributed by atoms with Crippen LogP contribution in [0.1, 0.15) is 5.56 Å². The molecule has 4 aromatic rings. The van der Waals surface area contributed by atoms with E-state index in [1.54, 1.807) is 12.1 Å². The molecule has 0 amide bonds. The summed E-state index contributed by atoms with van der Waals surface area (Å²) in [6.07, 6.45) is 0. The molecule has 6 nitrogen and oxygen atoms in total. The molecule has 0 unspecified atom stereocenters. The monoisotopic (exact) mass is 342 g/mol. The van der Waals surface area contributed by atoms with Crippen molar-refractivity contribution in [2.75, 3.05) is 0 Å². The van der Waals surface area contributed by atoms with Crippen LogP contribution in [0.25, 0.3) is 16.7 Å². The number of aromatic nitrogens is 4. The molecule has 4 rings (SSSR count). The molecule has 0 radical (unpaired) electrons. The van der Waals surface area contributed by atoms with Crippen molar-refractivity contribution in [1.82, 2.24) is 19.6 Å². The van der Waals surface area contributed by atoms with E-state index in [0.29, 0.717) is 5.69 Å². The number of rotatable bonds is 3. The molecular weight excluding hydrogens is 330 g/mol. The molecule has 0 aliphatic heterocycles. The Hall–Kier alpha value is -3.42. The normalized spacial score (nSPS) is 11.3. The molecule has 0 aliphatic rings. The van der Waals surface area contributed by atoms with E-state index in [1.807, 2.05) is 0 Å². The second-order valence-corrected chi connectivity index (χ2v) is 5.53. The SMILES string of the molecule is Oc1c2nnn(Cc3ccc(F)cc3)c2c(O)n1-c1ccc(F)cc1. The fourth-order valence-electron chi connectivity index (χ4n) is 2.71. The van der Waals surface area contributed by atoms with Crippen molar-refractivity contribution in [2.45, 2.75) is 6.54 Å². The first kappa shape index (κ1) is 15.1. The third kappa shape index (κ3) is 2.47. The quantitative estimate of drug-likeness (QED) is 0.600. The molecule has 25 heavy (non-hydrogen) atoms. The zero-order valence-corrected chi connectivity index (χ0v) is 12.8. The summed E-state index contributed by atoms with van der Waals surface area (Å²) in [7, 11) is 0. The van der Waals surface area contributed by atoms with Crippen LogP contribution >= 0.6 is 0 Å². The summed E-state index contributed by atoms with van der Waals surface area (Å²) in [6.45, 7) is 0.233. The Kier molecular flexibility index (Phi) is 3.38. The molecule has 2 aromatic heterocycles. The van der Waals surface area contributed by atoms with Crippen LogP contribution in [-0.4, -0.2) is 29.8 Å². The maximum absolute atomic E-state index is 13.1. The smallest absolute Gasteiger partial charge is 0.229 e. The highest BCUT2D eigenvalue weighted by atomic mass is 19.1. The molecule has 0 saturated carbocycles. The topological polar surface area (TPSA) is 76.1 Å². The lowest BCUT2D eigenvalue weighted by atomic mass is 10.2. The van der Waals surface area contributed by atoms with E-state index < -0.39 is 5.82 Å². The lowest BCUT2D eigenvalue weighted by Crippen LogP contribution is -2.03. The Balaban J connectivity index is 1.82. The van der Waals surface area contributed by atoms with Gasteiger partial charge < -0.3 is 10.2 Å². The van der Waals surface area contributed by atoms with Crippen molar-refractivity contribution in [1.29, 1.82) is 0 Å². The van der Waals surface area contributed by atoms with Gasteiger partial charge in [-0.2, -0.15) is 0 Å². The number of hydrogen-bond acceptors (Lipinski definition) is 4. The molecule has 0 fully saturated rings. The summed E-state index contributed by atoms with van der Waals surface area (Å²) in [5.41, 5.74) is 1.47. The molecule has 0 aliphatic carbocycles. The van der Waals surface area contributed by atoms with Crippen LogP contribution in [-0.2, 0) is 6.54 Å². The van der Waals surface area contributed by atoms with E-state index in [0.717, 1.165) is 10.1 Å². The largest absolute Gasteiger partial charge is 0.493 e. The molecular formula is C17H12F2N4O2. The Morgan fingerprint density at radius 1 is 0.840 bits per heavy atom. The van der Waals surface area contributed by atoms with Crippen molar-refractivity contribution in [3.8, 4) is 17.4 Å². The van der Waals surface area contributed by atoms with Crippen molar-refractivity contribution in [2.24, 2.45) is 0 Å². The Bertz CT molecular complexity index is 1050. The first-order valence-corrected chi connectivity index (χ1v) is 7.41. The van der Waals surface area contributed by atoms with Gasteiger partial charge in [-0.05, 0) is 42.0 Å². The molecule has 2 aromatic carbocycles. The number of halogens is 2. The molecule has 2 N–H and O–H groups in total. The minimum absolute atomic E-state index is 0.115. The van der Waals surface area contributed by atoms with Gasteiger partial charge in [-0.1, -0.05) is 17.3 Å². The van der Waals surface area contributed by atoms with Crippen LogP contribution in [0.5, 0.6) is 11.8 Å². The van der Waals surface area contributed by atoms with Crippen molar-refractivity contribution in [3.63, 3.8) is 0 Å². The fraction of sp³-hybridized carbons (Fsp3) is 0.0588. The van der Waals surface area contributed by atoms with E-state index in [2.05, 4.69) is 10.3 Å². The van der Waals surface area contributed by atoms with Crippen LogP contribution in [0, 0.1) is 11.6 Å². The highest BCUT2D eigenvalue weighted by Crippen LogP contribution is 2.37. The van der Waals surface area contributed by atoms with Crippen molar-refractivity contribution in [3.05, 3.63) is 65.7 Å². The van der Waals surface area contributed by atoms with Crippen LogP contribution < -0.4 is 0 Å². The number of hydrogen-bond donors (Lipinski definition) is 2. The van der Waals surface area contributed by atoms with Crippen LogP contribution in [0.15, 0.2) is 48.5 Å². The second-order valence-electron chi connectivity index (χ2n) is 5.53. The first-order chi connectivity index (χ1) is 12.0. The molecule has 0 atom stereocenters. The lowest BCUT2D eigenvalue weighted by molar-refractivity contribution is 0.402. The summed E-state index contributed by atoms with van der Waals surface area (Å²) < 4.78 is 28.7. The van der Waals surface area contributed by atoms with Crippen LogP contribution in [0.3, 0.4) is 0 Å². The van der Waals surface area contributed by atoms with E-state index in [1.165, 1.54) is 41.1 Å². The fourth-order valence-corrected chi connectivity index (χ4v) is 2.71. The van der Waals surface area contributed by atoms with E-state index in [-0.39, 0.29) is 35.2 Å². The zero-order valence-electron chi connectivity index (χ0n) is 12.8. The van der Waals surface area contributed by atoms with Gasteiger partial charge in [-0.25, -0.2) is 18.0 Å². The maximum Gasteiger partial charge on any atom is 0.229 e. The highest BCUT2D eigenvalue weighted by Gasteiger charge is 2.23. The van der Waals surface area contributed by atoms with Gasteiger partial charge in [0.15, 0.2) is 11.0 Å². The molecule has 0 bridgehead atoms. The second kappa shape index (κ2) is 5.59. The van der Waals surface area contributed by atoms with E-state index >= 15 is 0 Å². The Morgan fingerprint density at radius 2 is 1.44 bits per heavy atom. The van der Waals surface area contributed by atoms with Crippen LogP contribution in [0.4, 0.5) is 8.78 Å². The number of nitrogens with zero attached hydrogens (tertiary/aromatic N) is 4. The van der Waals surface area contributed by atoms with Gasteiger partial charge in [0.05, 0.1) is 12.2 Å². The third-order valence-electron chi connectivity index (χ3n) is 3.91. The van der Waals surface area contributed by atoms with Crippen LogP contribution in [0.2, 0.25) is 0 Å². The van der Waals surface area contributed by atoms with Gasteiger partial charge >= 0.3 is 0 Å². The summed E-state index contributed by atoms with van der Waals surface area (Å²) in [4.78, 5) is 0. The molecule has 8 heteroatoms. The minimum atomic E-state index is -0.431. The Labute approximate surface area is 140 Å². The highest BCUT2D eigenvalue weighted by molar-refractivity contribution is 5.87. The maximum atomic E-state index is 13.1. The van der Waals surface area contributed by atoms with Gasteiger partial charge in [0.2, 0.25) is 11.8 Å². The molecule has 0 saturated heterocycles. The van der Waals surface area contributed by atoms with Gasteiger partial charge in [-0.15, -0.1) is 5.10 Å². The van der Waals surface area contributed by atoms with E-state index in [9.17, 15) is 19.0 Å². The average Bonchev–Trinajstić information content (AvgIpc) is 3.12. The van der Waals surface area contributed by atoms with Crippen molar-refractivity contribution < 1.29 is 19.0 Å². The van der Waals surface area contributed by atoms with Crippen molar-refractivity contribution >= 4 is 11.0 Å². The van der Waals surface area contributed by atoms with Gasteiger partial charge in [0, 0.05) is 0 Å². The summed E-state index contributed by atoms with van der Waals surface area (Å²) in [6, 6.07) is 11.1. The predicted molar refractivity (Wildman–Crippen MR) is 85.6 cm³/mol. The number of benzene rings is 2. The Morgan fingerprint density at radius 3 is 2.08 bits per heavy atom. The molecule has 0 spiro atoms. The number of aromatic hydroxyl groups is 2. The first-order valence-electron chi connectivity index (χ1n) is 7.41. The molecule has 2 heterocycles. The van der Waals surface area contributed by atoms with Gasteiger partial charge in [-0.3, -0.25) is 0 Å². The average molecular weight is 342 g/mol. The predicted octanol–water partition coefficient (Wildman–Crippen LogP) is 2.96. The van der Waals surface area contributed by atoms with E-state index in [4.69, 9.17) is 0 Å². The zero-order chi connectivity index (χ0) is 17.6. The lowest BCUT2D eigenvalue weighted by Gasteiger charge is -2.07. The summed E-state index contributed by atoms with van der Waals surface area (Å²) in [5, 5.41) is 28.7.